The summed E-state index contributed by atoms with van der Waals surface area (Å²) >= 11 is 0. The van der Waals surface area contributed by atoms with Crippen molar-refractivity contribution in [2.45, 2.75) is 122 Å². The lowest BCUT2D eigenvalue weighted by Crippen LogP contribution is -2.62. The van der Waals surface area contributed by atoms with Gasteiger partial charge in [0.05, 0.1) is 17.0 Å². The summed E-state index contributed by atoms with van der Waals surface area (Å²) in [5, 5.41) is 25.0. The van der Waals surface area contributed by atoms with Gasteiger partial charge in [0.15, 0.2) is 0 Å². The topological polar surface area (TPSA) is 116 Å². The van der Waals surface area contributed by atoms with Crippen molar-refractivity contribution < 1.29 is 23.4 Å². The van der Waals surface area contributed by atoms with E-state index >= 15 is 0 Å². The molecule has 0 radical (unpaired) electrons. The van der Waals surface area contributed by atoms with Crippen molar-refractivity contribution in [3.63, 3.8) is 0 Å². The van der Waals surface area contributed by atoms with Crippen LogP contribution in [-0.4, -0.2) is 48.2 Å². The molecule has 0 saturated heterocycles. The van der Waals surface area contributed by atoms with Gasteiger partial charge in [-0.1, -0.05) is 27.2 Å². The van der Waals surface area contributed by atoms with E-state index in [4.69, 9.17) is 0 Å². The van der Waals surface area contributed by atoms with E-state index in [1.165, 1.54) is 25.7 Å². The maximum absolute atomic E-state index is 12.3. The maximum Gasteiger partial charge on any atom is 0.328 e. The van der Waals surface area contributed by atoms with Crippen molar-refractivity contribution in [1.82, 2.24) is 10.0 Å². The zero-order valence-electron chi connectivity index (χ0n) is 23.3. The minimum Gasteiger partial charge on any atom is -0.393 e. The zero-order chi connectivity index (χ0) is 26.8. The van der Waals surface area contributed by atoms with Crippen LogP contribution in [0.1, 0.15) is 105 Å². The number of hydrogen-bond donors (Lipinski definition) is 4. The van der Waals surface area contributed by atoms with Gasteiger partial charge in [0.2, 0.25) is 10.0 Å². The lowest BCUT2D eigenvalue weighted by molar-refractivity contribution is -0.202. The van der Waals surface area contributed by atoms with Gasteiger partial charge < -0.3 is 15.5 Å². The number of carbonyl (C=O) groups is 1. The molecule has 0 unspecified atom stereocenters. The van der Waals surface area contributed by atoms with Gasteiger partial charge in [-0.15, -0.1) is 0 Å². The van der Waals surface area contributed by atoms with E-state index in [1.807, 2.05) is 0 Å². The summed E-state index contributed by atoms with van der Waals surface area (Å²) in [4.78, 5) is 12.2. The predicted octanol–water partition coefficient (Wildman–Crippen LogP) is 4.57. The largest absolute Gasteiger partial charge is 0.393 e. The van der Waals surface area contributed by atoms with Crippen molar-refractivity contribution in [2.75, 3.05) is 6.54 Å². The van der Waals surface area contributed by atoms with Crippen LogP contribution < -0.4 is 10.0 Å². The number of nitrogens with one attached hydrogen (secondary N) is 2. The van der Waals surface area contributed by atoms with E-state index in [0.717, 1.165) is 38.5 Å². The Morgan fingerprint density at radius 2 is 1.59 bits per heavy atom. The Labute approximate surface area is 224 Å². The average Bonchev–Trinajstić information content (AvgIpc) is 3.51. The Bertz CT molecular complexity index is 983. The van der Waals surface area contributed by atoms with Gasteiger partial charge in [0, 0.05) is 6.54 Å². The van der Waals surface area contributed by atoms with Gasteiger partial charge in [0.1, 0.15) is 0 Å². The molecule has 4 N–H and O–H groups in total. The molecule has 5 aliphatic carbocycles. The van der Waals surface area contributed by atoms with Crippen LogP contribution in [0.3, 0.4) is 0 Å². The molecule has 5 fully saturated rings. The summed E-state index contributed by atoms with van der Waals surface area (Å²) in [6.45, 7) is 9.31. The number of amides is 2. The van der Waals surface area contributed by atoms with Gasteiger partial charge in [-0.3, -0.25) is 0 Å². The highest BCUT2D eigenvalue weighted by Gasteiger charge is 2.64. The highest BCUT2D eigenvalue weighted by atomic mass is 32.2. The molecule has 5 saturated carbocycles. The standard InChI is InChI=1S/C29H50N2O5S/c1-5-20-23-17-19(32)10-12-29(23,4)22-11-13-28(3)18(8-9-21(28)24(22)25(20)33)7-6-16-30-26(34)31-37(35,36)27(2)14-15-27/h18-25,32-33H,5-17H2,1-4H3,(H2,30,31,34)/t18-,19+,20+,21-,22-,23-,24-,25+,28+,29+/m0/s1. The van der Waals surface area contributed by atoms with Gasteiger partial charge in [-0.25, -0.2) is 17.9 Å². The second kappa shape index (κ2) is 9.65. The van der Waals surface area contributed by atoms with Crippen LogP contribution in [0.4, 0.5) is 4.79 Å². The third kappa shape index (κ3) is 4.55. The molecule has 0 bridgehead atoms. The molecule has 0 heterocycles. The quantitative estimate of drug-likeness (QED) is 0.354. The molecular weight excluding hydrogens is 488 g/mol. The fourth-order valence-corrected chi connectivity index (χ4v) is 11.0. The highest BCUT2D eigenvalue weighted by molar-refractivity contribution is 7.91. The number of hydrogen-bond acceptors (Lipinski definition) is 5. The average molecular weight is 539 g/mol. The molecule has 0 aromatic rings. The zero-order valence-corrected chi connectivity index (χ0v) is 24.2. The van der Waals surface area contributed by atoms with Gasteiger partial charge in [0.25, 0.3) is 0 Å². The van der Waals surface area contributed by atoms with Crippen molar-refractivity contribution in [2.24, 2.45) is 46.3 Å². The molecule has 5 aliphatic rings. The van der Waals surface area contributed by atoms with E-state index in [2.05, 4.69) is 30.8 Å². The molecule has 10 atom stereocenters. The lowest BCUT2D eigenvalue weighted by Gasteiger charge is -2.64. The van der Waals surface area contributed by atoms with Crippen LogP contribution in [0.5, 0.6) is 0 Å². The normalized spacial score (nSPS) is 46.3. The van der Waals surface area contributed by atoms with E-state index in [9.17, 15) is 23.4 Å². The molecule has 5 rings (SSSR count). The monoisotopic (exact) mass is 538 g/mol. The van der Waals surface area contributed by atoms with E-state index in [1.54, 1.807) is 6.92 Å². The molecule has 0 spiro atoms. The van der Waals surface area contributed by atoms with Gasteiger partial charge >= 0.3 is 6.03 Å². The SMILES string of the molecule is CC[C@H]1[C@@H](O)[C@@H]2[C@H](CC[C@]3(C)[C@@H](CCCNC(=O)NS(=O)(=O)C4(C)CC4)CC[C@@H]23)[C@@]2(C)CC[C@@H](O)C[C@@H]12. The minimum atomic E-state index is -3.60. The number of fused-ring (bicyclic) bond motifs is 5. The first kappa shape index (κ1) is 27.7. The number of sulfonamides is 1. The molecule has 8 heteroatoms. The third-order valence-electron chi connectivity index (χ3n) is 12.4. The Kier molecular flexibility index (Phi) is 7.23. The smallest absolute Gasteiger partial charge is 0.328 e. The Hall–Kier alpha value is -0.860. The summed E-state index contributed by atoms with van der Waals surface area (Å²) in [5.41, 5.74) is 0.433. The van der Waals surface area contributed by atoms with Crippen LogP contribution in [0.2, 0.25) is 0 Å². The van der Waals surface area contributed by atoms with Crippen molar-refractivity contribution in [3.05, 3.63) is 0 Å². The van der Waals surface area contributed by atoms with Crippen LogP contribution in [0.15, 0.2) is 0 Å². The molecule has 37 heavy (non-hydrogen) atoms. The van der Waals surface area contributed by atoms with Crippen molar-refractivity contribution in [3.8, 4) is 0 Å². The van der Waals surface area contributed by atoms with Crippen LogP contribution in [0, 0.1) is 46.3 Å². The predicted molar refractivity (Wildman–Crippen MR) is 144 cm³/mol. The Balaban J connectivity index is 1.20. The lowest BCUT2D eigenvalue weighted by atomic mass is 9.41. The Morgan fingerprint density at radius 3 is 2.27 bits per heavy atom. The summed E-state index contributed by atoms with van der Waals surface area (Å²) in [6.07, 6.45) is 11.1. The highest BCUT2D eigenvalue weighted by Crippen LogP contribution is 2.69. The van der Waals surface area contributed by atoms with E-state index < -0.39 is 20.8 Å². The second-order valence-corrected chi connectivity index (χ2v) is 16.4. The molecular formula is C29H50N2O5S. The molecule has 2 amide bonds. The third-order valence-corrected chi connectivity index (χ3v) is 14.6. The number of aliphatic hydroxyl groups excluding tert-OH is 2. The fraction of sp³-hybridized carbons (Fsp3) is 0.966. The fourth-order valence-electron chi connectivity index (χ4n) is 9.82. The molecule has 7 nitrogen and oxygen atoms in total. The summed E-state index contributed by atoms with van der Waals surface area (Å²) in [6, 6.07) is -0.611. The van der Waals surface area contributed by atoms with Gasteiger partial charge in [-0.05, 0) is 124 Å². The first-order chi connectivity index (χ1) is 17.4. The first-order valence-corrected chi connectivity index (χ1v) is 16.5. The van der Waals surface area contributed by atoms with Crippen LogP contribution in [-0.2, 0) is 10.0 Å². The molecule has 0 aromatic heterocycles. The van der Waals surface area contributed by atoms with Crippen molar-refractivity contribution >= 4 is 16.1 Å². The molecule has 212 valence electrons. The summed E-state index contributed by atoms with van der Waals surface area (Å²) in [5.74, 6) is 2.69. The number of rotatable bonds is 7. The Morgan fingerprint density at radius 1 is 0.919 bits per heavy atom. The molecule has 0 aliphatic heterocycles. The summed E-state index contributed by atoms with van der Waals surface area (Å²) in [7, 11) is -3.60. The second-order valence-electron chi connectivity index (χ2n) is 14.2. The van der Waals surface area contributed by atoms with Gasteiger partial charge in [-0.2, -0.15) is 0 Å². The van der Waals surface area contributed by atoms with E-state index in [0.29, 0.717) is 49.0 Å². The minimum absolute atomic E-state index is 0.212. The first-order valence-electron chi connectivity index (χ1n) is 15.0. The number of urea groups is 1. The van der Waals surface area contributed by atoms with Crippen LogP contribution >= 0.6 is 0 Å². The van der Waals surface area contributed by atoms with E-state index in [-0.39, 0.29) is 29.0 Å². The van der Waals surface area contributed by atoms with Crippen LogP contribution in [0.25, 0.3) is 0 Å². The summed E-state index contributed by atoms with van der Waals surface area (Å²) < 4.78 is 26.0. The maximum atomic E-state index is 12.3. The number of carbonyl (C=O) groups excluding carboxylic acids is 1. The van der Waals surface area contributed by atoms with Crippen molar-refractivity contribution in [1.29, 1.82) is 0 Å². The molecule has 0 aromatic carbocycles. The number of aliphatic hydroxyl groups is 2.